The third kappa shape index (κ3) is 4.30. The Kier molecular flexibility index (Phi) is 4.85. The summed E-state index contributed by atoms with van der Waals surface area (Å²) < 4.78 is 1.90. The summed E-state index contributed by atoms with van der Waals surface area (Å²) in [6.45, 7) is 1.06. The number of carbonyl (C=O) groups is 1. The van der Waals surface area contributed by atoms with Crippen LogP contribution >= 0.6 is 11.3 Å². The minimum absolute atomic E-state index is 0.218. The topological polar surface area (TPSA) is 83.9 Å². The van der Waals surface area contributed by atoms with Crippen LogP contribution in [0.5, 0.6) is 0 Å². The van der Waals surface area contributed by atoms with Gasteiger partial charge in [-0.2, -0.15) is 0 Å². The summed E-state index contributed by atoms with van der Waals surface area (Å²) in [4.78, 5) is 20.0. The van der Waals surface area contributed by atoms with Crippen molar-refractivity contribution >= 4 is 28.2 Å². The first-order valence-corrected chi connectivity index (χ1v) is 7.97. The number of hydrogen-bond donors (Lipinski definition) is 3. The third-order valence-electron chi connectivity index (χ3n) is 3.00. The highest BCUT2D eigenvalue weighted by Gasteiger charge is 2.02. The fourth-order valence-electron chi connectivity index (χ4n) is 1.94. The van der Waals surface area contributed by atoms with Crippen molar-refractivity contribution in [1.29, 1.82) is 0 Å². The second-order valence-corrected chi connectivity index (χ2v) is 5.58. The number of nitrogens with zero attached hydrogens (tertiary/aromatic N) is 3. The monoisotopic (exact) mass is 328 g/mol. The highest BCUT2D eigenvalue weighted by Crippen LogP contribution is 2.14. The van der Waals surface area contributed by atoms with Crippen molar-refractivity contribution in [2.45, 2.75) is 0 Å². The molecule has 2 amide bonds. The van der Waals surface area contributed by atoms with Crippen LogP contribution in [0.2, 0.25) is 0 Å². The standard InChI is InChI=1S/C15H16N6OS/c22-15(20-14-4-3-9-23-14)17-6-5-16-12-10-13(19-11-18-12)21-7-1-2-8-21/h1-4,7-11H,5-6H2,(H,16,18,19)(H2,17,20,22). The first-order chi connectivity index (χ1) is 11.3. The molecule has 0 atom stereocenters. The summed E-state index contributed by atoms with van der Waals surface area (Å²) in [6, 6.07) is 9.25. The van der Waals surface area contributed by atoms with Gasteiger partial charge in [0, 0.05) is 31.5 Å². The average Bonchev–Trinajstić information content (AvgIpc) is 3.25. The van der Waals surface area contributed by atoms with Crippen LogP contribution in [0.1, 0.15) is 0 Å². The minimum atomic E-state index is -0.218. The van der Waals surface area contributed by atoms with Gasteiger partial charge in [-0.05, 0) is 29.6 Å². The minimum Gasteiger partial charge on any atom is -0.368 e. The lowest BCUT2D eigenvalue weighted by Crippen LogP contribution is -2.32. The molecular weight excluding hydrogens is 312 g/mol. The summed E-state index contributed by atoms with van der Waals surface area (Å²) >= 11 is 1.48. The van der Waals surface area contributed by atoms with Gasteiger partial charge in [-0.15, -0.1) is 11.3 Å². The zero-order valence-electron chi connectivity index (χ0n) is 12.3. The van der Waals surface area contributed by atoms with E-state index in [-0.39, 0.29) is 6.03 Å². The van der Waals surface area contributed by atoms with Gasteiger partial charge in [0.1, 0.15) is 18.0 Å². The molecule has 0 spiro atoms. The van der Waals surface area contributed by atoms with E-state index in [0.29, 0.717) is 18.9 Å². The number of urea groups is 1. The van der Waals surface area contributed by atoms with Crippen molar-refractivity contribution in [1.82, 2.24) is 19.9 Å². The van der Waals surface area contributed by atoms with Crippen LogP contribution in [-0.4, -0.2) is 33.7 Å². The van der Waals surface area contributed by atoms with E-state index < -0.39 is 0 Å². The van der Waals surface area contributed by atoms with E-state index in [1.807, 2.05) is 52.7 Å². The molecule has 0 aliphatic carbocycles. The molecule has 0 bridgehead atoms. The lowest BCUT2D eigenvalue weighted by molar-refractivity contribution is 0.252. The van der Waals surface area contributed by atoms with Gasteiger partial charge in [-0.1, -0.05) is 0 Å². The maximum Gasteiger partial charge on any atom is 0.319 e. The number of aromatic nitrogens is 3. The van der Waals surface area contributed by atoms with Crippen molar-refractivity contribution in [3.63, 3.8) is 0 Å². The molecular formula is C15H16N6OS. The maximum atomic E-state index is 11.7. The summed E-state index contributed by atoms with van der Waals surface area (Å²) in [5.74, 6) is 1.50. The Morgan fingerprint density at radius 1 is 1.17 bits per heavy atom. The molecule has 0 radical (unpaired) electrons. The van der Waals surface area contributed by atoms with Gasteiger partial charge in [0.15, 0.2) is 0 Å². The summed E-state index contributed by atoms with van der Waals surface area (Å²) in [5.41, 5.74) is 0. The Bertz CT molecular complexity index is 741. The predicted octanol–water partition coefficient (Wildman–Crippen LogP) is 2.56. The van der Waals surface area contributed by atoms with Gasteiger partial charge in [-0.25, -0.2) is 14.8 Å². The van der Waals surface area contributed by atoms with E-state index in [9.17, 15) is 4.79 Å². The highest BCUT2D eigenvalue weighted by molar-refractivity contribution is 7.14. The number of carbonyl (C=O) groups excluding carboxylic acids is 1. The molecule has 3 N–H and O–H groups in total. The van der Waals surface area contributed by atoms with Crippen LogP contribution in [0, 0.1) is 0 Å². The zero-order valence-corrected chi connectivity index (χ0v) is 13.1. The molecule has 3 aromatic rings. The molecule has 0 saturated carbocycles. The zero-order chi connectivity index (χ0) is 15.9. The Labute approximate surface area is 137 Å². The molecule has 0 unspecified atom stereocenters. The number of rotatable bonds is 6. The molecule has 3 aromatic heterocycles. The van der Waals surface area contributed by atoms with Crippen molar-refractivity contribution in [3.8, 4) is 5.82 Å². The number of hydrogen-bond acceptors (Lipinski definition) is 5. The first-order valence-electron chi connectivity index (χ1n) is 7.09. The molecule has 3 heterocycles. The van der Waals surface area contributed by atoms with E-state index in [1.165, 1.54) is 17.7 Å². The lowest BCUT2D eigenvalue weighted by Gasteiger charge is -2.09. The average molecular weight is 328 g/mol. The van der Waals surface area contributed by atoms with Crippen LogP contribution in [0.4, 0.5) is 15.6 Å². The van der Waals surface area contributed by atoms with Crippen LogP contribution in [0.3, 0.4) is 0 Å². The Morgan fingerprint density at radius 2 is 2.04 bits per heavy atom. The smallest absolute Gasteiger partial charge is 0.319 e. The van der Waals surface area contributed by atoms with Crippen LogP contribution in [0.15, 0.2) is 54.4 Å². The van der Waals surface area contributed by atoms with E-state index in [0.717, 1.165) is 10.8 Å². The number of amides is 2. The van der Waals surface area contributed by atoms with Gasteiger partial charge >= 0.3 is 6.03 Å². The van der Waals surface area contributed by atoms with Crippen LogP contribution in [0.25, 0.3) is 5.82 Å². The van der Waals surface area contributed by atoms with Crippen LogP contribution < -0.4 is 16.0 Å². The fraction of sp³-hybridized carbons (Fsp3) is 0.133. The maximum absolute atomic E-state index is 11.7. The summed E-state index contributed by atoms with van der Waals surface area (Å²) in [7, 11) is 0. The van der Waals surface area contributed by atoms with Gasteiger partial charge in [-0.3, -0.25) is 5.32 Å². The Morgan fingerprint density at radius 3 is 2.83 bits per heavy atom. The normalized spacial score (nSPS) is 10.3. The SMILES string of the molecule is O=C(NCCNc1cc(-n2cccc2)ncn1)Nc1cccs1. The molecule has 0 aromatic carbocycles. The highest BCUT2D eigenvalue weighted by atomic mass is 32.1. The largest absolute Gasteiger partial charge is 0.368 e. The number of anilines is 2. The fourth-order valence-corrected chi connectivity index (χ4v) is 2.56. The number of nitrogens with one attached hydrogen (secondary N) is 3. The molecule has 0 aliphatic rings. The molecule has 118 valence electrons. The molecule has 0 aliphatic heterocycles. The molecule has 3 rings (SSSR count). The van der Waals surface area contributed by atoms with E-state index in [1.54, 1.807) is 0 Å². The van der Waals surface area contributed by atoms with Gasteiger partial charge in [0.05, 0.1) is 5.00 Å². The lowest BCUT2D eigenvalue weighted by atomic mass is 10.5. The van der Waals surface area contributed by atoms with Crippen molar-refractivity contribution in [2.75, 3.05) is 23.7 Å². The van der Waals surface area contributed by atoms with Crippen molar-refractivity contribution < 1.29 is 4.79 Å². The van der Waals surface area contributed by atoms with E-state index in [2.05, 4.69) is 25.9 Å². The molecule has 0 saturated heterocycles. The first kappa shape index (κ1) is 15.0. The summed E-state index contributed by atoms with van der Waals surface area (Å²) in [5, 5.41) is 11.4. The predicted molar refractivity (Wildman–Crippen MR) is 91.2 cm³/mol. The van der Waals surface area contributed by atoms with Crippen molar-refractivity contribution in [2.24, 2.45) is 0 Å². The van der Waals surface area contributed by atoms with Crippen molar-refractivity contribution in [3.05, 3.63) is 54.4 Å². The second kappa shape index (κ2) is 7.41. The molecule has 0 fully saturated rings. The van der Waals surface area contributed by atoms with E-state index in [4.69, 9.17) is 0 Å². The van der Waals surface area contributed by atoms with Gasteiger partial charge in [0.2, 0.25) is 0 Å². The molecule has 8 heteroatoms. The van der Waals surface area contributed by atoms with Crippen LogP contribution in [-0.2, 0) is 0 Å². The third-order valence-corrected chi connectivity index (χ3v) is 3.78. The summed E-state index contributed by atoms with van der Waals surface area (Å²) in [6.07, 6.45) is 5.35. The Balaban J connectivity index is 1.44. The molecule has 7 nitrogen and oxygen atoms in total. The number of thiophene rings is 1. The Hall–Kier alpha value is -2.87. The molecule has 23 heavy (non-hydrogen) atoms. The second-order valence-electron chi connectivity index (χ2n) is 4.64. The van der Waals surface area contributed by atoms with E-state index >= 15 is 0 Å². The quantitative estimate of drug-likeness (QED) is 0.607. The van der Waals surface area contributed by atoms with Gasteiger partial charge < -0.3 is 15.2 Å². The van der Waals surface area contributed by atoms with Gasteiger partial charge in [0.25, 0.3) is 0 Å².